The summed E-state index contributed by atoms with van der Waals surface area (Å²) in [6, 6.07) is 0. The molecule has 0 unspecified atom stereocenters. The lowest BCUT2D eigenvalue weighted by Gasteiger charge is -2.18. The number of allylic oxidation sites excluding steroid dienone is 6. The Morgan fingerprint density at radius 3 is 3.00 bits per heavy atom. The van der Waals surface area contributed by atoms with Crippen LogP contribution in [0.5, 0.6) is 0 Å². The molecule has 1 heteroatoms. The van der Waals surface area contributed by atoms with Gasteiger partial charge in [-0.25, -0.2) is 0 Å². The van der Waals surface area contributed by atoms with Gasteiger partial charge < -0.3 is 5.73 Å². The minimum atomic E-state index is 1.04. The summed E-state index contributed by atoms with van der Waals surface area (Å²) < 4.78 is 0. The molecule has 0 heterocycles. The minimum absolute atomic E-state index is 1.04. The molecule has 2 rings (SSSR count). The Morgan fingerprint density at radius 1 is 1.18 bits per heavy atom. The highest BCUT2D eigenvalue weighted by atomic mass is 14.6. The lowest BCUT2D eigenvalue weighted by Crippen LogP contribution is -2.06. The molecule has 1 nitrogen and oxygen atoms in total. The molecule has 0 aromatic heterocycles. The van der Waals surface area contributed by atoms with Gasteiger partial charge in [-0.15, -0.1) is 0 Å². The first-order valence-electron chi connectivity index (χ1n) is 4.21. The summed E-state index contributed by atoms with van der Waals surface area (Å²) in [6.07, 6.45) is 11.3. The standard InChI is InChI=1S/C10H13N/c11-10-6-5-8-3-1-2-4-9(8)7-10/h2,4,7H,1,3,5-6,11H2. The average molecular weight is 147 g/mol. The third kappa shape index (κ3) is 1.23. The molecule has 0 aliphatic heterocycles. The summed E-state index contributed by atoms with van der Waals surface area (Å²) in [7, 11) is 0. The van der Waals surface area contributed by atoms with Gasteiger partial charge in [0.25, 0.3) is 0 Å². The van der Waals surface area contributed by atoms with E-state index in [1.54, 1.807) is 5.57 Å². The number of rotatable bonds is 0. The van der Waals surface area contributed by atoms with E-state index in [-0.39, 0.29) is 0 Å². The van der Waals surface area contributed by atoms with Gasteiger partial charge in [0.05, 0.1) is 0 Å². The Labute approximate surface area is 67.3 Å². The monoisotopic (exact) mass is 147 g/mol. The van der Waals surface area contributed by atoms with E-state index in [9.17, 15) is 0 Å². The van der Waals surface area contributed by atoms with Gasteiger partial charge in [0, 0.05) is 5.70 Å². The van der Waals surface area contributed by atoms with Crippen LogP contribution >= 0.6 is 0 Å². The van der Waals surface area contributed by atoms with Gasteiger partial charge in [0.15, 0.2) is 0 Å². The summed E-state index contributed by atoms with van der Waals surface area (Å²) in [4.78, 5) is 0. The van der Waals surface area contributed by atoms with E-state index >= 15 is 0 Å². The summed E-state index contributed by atoms with van der Waals surface area (Å²) in [5, 5.41) is 0. The summed E-state index contributed by atoms with van der Waals surface area (Å²) in [5.74, 6) is 0. The molecule has 0 amide bonds. The first-order valence-corrected chi connectivity index (χ1v) is 4.21. The van der Waals surface area contributed by atoms with Crippen LogP contribution in [-0.4, -0.2) is 0 Å². The molecule has 0 saturated carbocycles. The molecule has 0 spiro atoms. The third-order valence-electron chi connectivity index (χ3n) is 2.37. The number of nitrogens with two attached hydrogens (primary N) is 1. The number of hydrogen-bond acceptors (Lipinski definition) is 1. The van der Waals surface area contributed by atoms with Crippen molar-refractivity contribution in [2.45, 2.75) is 25.7 Å². The fourth-order valence-corrected chi connectivity index (χ4v) is 1.72. The van der Waals surface area contributed by atoms with Crippen molar-refractivity contribution in [3.8, 4) is 0 Å². The van der Waals surface area contributed by atoms with E-state index in [0.29, 0.717) is 0 Å². The van der Waals surface area contributed by atoms with Gasteiger partial charge in [-0.1, -0.05) is 17.7 Å². The second-order valence-electron chi connectivity index (χ2n) is 3.22. The zero-order valence-corrected chi connectivity index (χ0v) is 6.64. The Morgan fingerprint density at radius 2 is 2.09 bits per heavy atom. The molecule has 11 heavy (non-hydrogen) atoms. The molecule has 0 aromatic rings. The molecule has 0 atom stereocenters. The largest absolute Gasteiger partial charge is 0.402 e. The van der Waals surface area contributed by atoms with E-state index in [1.165, 1.54) is 24.8 Å². The van der Waals surface area contributed by atoms with Crippen molar-refractivity contribution in [2.24, 2.45) is 5.73 Å². The smallest absolute Gasteiger partial charge is 0.00896 e. The Bertz CT molecular complexity index is 256. The molecular formula is C10H13N. The minimum Gasteiger partial charge on any atom is -0.402 e. The molecule has 2 N–H and O–H groups in total. The topological polar surface area (TPSA) is 26.0 Å². The summed E-state index contributed by atoms with van der Waals surface area (Å²) in [5.41, 5.74) is 9.75. The highest BCUT2D eigenvalue weighted by molar-refractivity contribution is 5.42. The predicted molar refractivity (Wildman–Crippen MR) is 46.9 cm³/mol. The SMILES string of the molecule is NC1=CC2=C(CCC=C2)CC1. The molecule has 0 aromatic carbocycles. The maximum atomic E-state index is 5.73. The van der Waals surface area contributed by atoms with Gasteiger partial charge >= 0.3 is 0 Å². The van der Waals surface area contributed by atoms with E-state index < -0.39 is 0 Å². The zero-order chi connectivity index (χ0) is 7.68. The molecule has 0 radical (unpaired) electrons. The fourth-order valence-electron chi connectivity index (χ4n) is 1.72. The second-order valence-corrected chi connectivity index (χ2v) is 3.22. The molecule has 58 valence electrons. The van der Waals surface area contributed by atoms with Crippen LogP contribution in [0, 0.1) is 0 Å². The van der Waals surface area contributed by atoms with Crippen LogP contribution in [0.25, 0.3) is 0 Å². The molecule has 2 aliphatic rings. The first kappa shape index (κ1) is 6.71. The van der Waals surface area contributed by atoms with Crippen molar-refractivity contribution in [1.29, 1.82) is 0 Å². The second kappa shape index (κ2) is 2.57. The third-order valence-corrected chi connectivity index (χ3v) is 2.37. The van der Waals surface area contributed by atoms with Crippen molar-refractivity contribution >= 4 is 0 Å². The van der Waals surface area contributed by atoms with Gasteiger partial charge in [-0.05, 0) is 37.3 Å². The zero-order valence-electron chi connectivity index (χ0n) is 6.64. The molecule has 2 aliphatic carbocycles. The fraction of sp³-hybridized carbons (Fsp3) is 0.400. The molecular weight excluding hydrogens is 134 g/mol. The van der Waals surface area contributed by atoms with E-state index in [1.807, 2.05) is 0 Å². The van der Waals surface area contributed by atoms with Crippen molar-refractivity contribution in [1.82, 2.24) is 0 Å². The van der Waals surface area contributed by atoms with E-state index in [0.717, 1.165) is 12.1 Å². The Balaban J connectivity index is 2.33. The highest BCUT2D eigenvalue weighted by Crippen LogP contribution is 2.28. The Hall–Kier alpha value is -0.980. The maximum absolute atomic E-state index is 5.73. The summed E-state index contributed by atoms with van der Waals surface area (Å²) in [6.45, 7) is 0. The van der Waals surface area contributed by atoms with Crippen LogP contribution in [0.1, 0.15) is 25.7 Å². The first-order chi connectivity index (χ1) is 5.36. The molecule has 0 fully saturated rings. The van der Waals surface area contributed by atoms with E-state index in [2.05, 4.69) is 18.2 Å². The van der Waals surface area contributed by atoms with Crippen LogP contribution in [-0.2, 0) is 0 Å². The van der Waals surface area contributed by atoms with Crippen molar-refractivity contribution in [2.75, 3.05) is 0 Å². The highest BCUT2D eigenvalue weighted by Gasteiger charge is 2.11. The molecule has 0 saturated heterocycles. The normalized spacial score (nSPS) is 23.1. The summed E-state index contributed by atoms with van der Waals surface area (Å²) >= 11 is 0. The number of hydrogen-bond donors (Lipinski definition) is 1. The van der Waals surface area contributed by atoms with Crippen LogP contribution in [0.4, 0.5) is 0 Å². The molecule has 0 bridgehead atoms. The van der Waals surface area contributed by atoms with Crippen LogP contribution in [0.15, 0.2) is 35.1 Å². The lowest BCUT2D eigenvalue weighted by atomic mass is 9.89. The van der Waals surface area contributed by atoms with E-state index in [4.69, 9.17) is 5.73 Å². The van der Waals surface area contributed by atoms with Crippen molar-refractivity contribution in [3.63, 3.8) is 0 Å². The van der Waals surface area contributed by atoms with Gasteiger partial charge in [0.1, 0.15) is 0 Å². The Kier molecular flexibility index (Phi) is 1.57. The average Bonchev–Trinajstić information content (AvgIpc) is 2.04. The lowest BCUT2D eigenvalue weighted by molar-refractivity contribution is 0.800. The van der Waals surface area contributed by atoms with Gasteiger partial charge in [-0.2, -0.15) is 0 Å². The quantitative estimate of drug-likeness (QED) is 0.559. The van der Waals surface area contributed by atoms with Crippen LogP contribution in [0.3, 0.4) is 0 Å². The maximum Gasteiger partial charge on any atom is 0.00896 e. The van der Waals surface area contributed by atoms with Crippen molar-refractivity contribution < 1.29 is 0 Å². The predicted octanol–water partition coefficient (Wildman–Crippen LogP) is 2.27. The van der Waals surface area contributed by atoms with Gasteiger partial charge in [-0.3, -0.25) is 0 Å². The van der Waals surface area contributed by atoms with Crippen LogP contribution in [0.2, 0.25) is 0 Å². The van der Waals surface area contributed by atoms with Crippen molar-refractivity contribution in [3.05, 3.63) is 35.1 Å². The van der Waals surface area contributed by atoms with Crippen LogP contribution < -0.4 is 5.73 Å². The van der Waals surface area contributed by atoms with Gasteiger partial charge in [0.2, 0.25) is 0 Å².